The van der Waals surface area contributed by atoms with E-state index in [9.17, 15) is 5.11 Å². The molecule has 0 aliphatic heterocycles. The summed E-state index contributed by atoms with van der Waals surface area (Å²) >= 11 is 5.18. The van der Waals surface area contributed by atoms with Crippen LogP contribution in [0.2, 0.25) is 0 Å². The number of aromatic nitrogens is 5. The number of aryl methyl sites for hydroxylation is 1. The van der Waals surface area contributed by atoms with Crippen molar-refractivity contribution in [1.82, 2.24) is 25.1 Å². The Morgan fingerprint density at radius 2 is 2.17 bits per heavy atom. The number of aromatic amines is 2. The van der Waals surface area contributed by atoms with Gasteiger partial charge in [-0.25, -0.2) is 5.10 Å². The number of para-hydroxylation sites is 1. The highest BCUT2D eigenvalue weighted by atomic mass is 32.1. The first-order valence-corrected chi connectivity index (χ1v) is 7.11. The number of nitrogens with zero attached hydrogens (tertiary/aromatic N) is 4. The van der Waals surface area contributed by atoms with Gasteiger partial charge in [0.25, 0.3) is 0 Å². The molecule has 0 aliphatic rings. The summed E-state index contributed by atoms with van der Waals surface area (Å²) < 4.78 is 6.82. The summed E-state index contributed by atoms with van der Waals surface area (Å²) in [6, 6.07) is 6.96. The molecule has 0 aliphatic carbocycles. The zero-order chi connectivity index (χ0) is 16.4. The lowest BCUT2D eigenvalue weighted by atomic mass is 10.2. The molecule has 0 fully saturated rings. The predicted molar refractivity (Wildman–Crippen MR) is 87.4 cm³/mol. The number of rotatable bonds is 4. The summed E-state index contributed by atoms with van der Waals surface area (Å²) in [6.07, 6.45) is 1.48. The molecule has 0 unspecified atom stereocenters. The molecular weight excluding hydrogens is 316 g/mol. The topological polar surface area (TPSA) is 104 Å². The second-order valence-electron chi connectivity index (χ2n) is 4.74. The molecule has 23 heavy (non-hydrogen) atoms. The molecule has 118 valence electrons. The number of phenols is 1. The number of hydrogen-bond donors (Lipinski definition) is 3. The molecular formula is C14H14N6O2S. The quantitative estimate of drug-likeness (QED) is 0.503. The van der Waals surface area contributed by atoms with Crippen LogP contribution in [0.4, 0.5) is 0 Å². The summed E-state index contributed by atoms with van der Waals surface area (Å²) in [5.74, 6) is 0.844. The molecule has 9 heteroatoms. The zero-order valence-electron chi connectivity index (χ0n) is 12.4. The van der Waals surface area contributed by atoms with E-state index in [2.05, 4.69) is 25.5 Å². The summed E-state index contributed by atoms with van der Waals surface area (Å²) in [7, 11) is 1.49. The van der Waals surface area contributed by atoms with E-state index in [1.54, 1.807) is 18.2 Å². The van der Waals surface area contributed by atoms with Crippen LogP contribution in [0, 0.1) is 11.7 Å². The number of phenolic OH excluding ortho intramolecular Hbond substituents is 1. The van der Waals surface area contributed by atoms with Crippen molar-refractivity contribution in [2.24, 2.45) is 5.10 Å². The van der Waals surface area contributed by atoms with Crippen molar-refractivity contribution in [3.63, 3.8) is 0 Å². The van der Waals surface area contributed by atoms with E-state index < -0.39 is 0 Å². The molecule has 2 aromatic heterocycles. The average molecular weight is 330 g/mol. The van der Waals surface area contributed by atoms with Crippen molar-refractivity contribution in [2.45, 2.75) is 6.92 Å². The van der Waals surface area contributed by atoms with Crippen LogP contribution in [0.1, 0.15) is 11.3 Å². The summed E-state index contributed by atoms with van der Waals surface area (Å²) in [5.41, 5.74) is 2.01. The first-order chi connectivity index (χ1) is 11.1. The Morgan fingerprint density at radius 3 is 2.87 bits per heavy atom. The Morgan fingerprint density at radius 1 is 1.35 bits per heavy atom. The summed E-state index contributed by atoms with van der Waals surface area (Å²) in [6.45, 7) is 1.89. The second-order valence-corrected chi connectivity index (χ2v) is 5.13. The fraction of sp³-hybridized carbons (Fsp3) is 0.143. The van der Waals surface area contributed by atoms with Crippen molar-refractivity contribution >= 4 is 18.4 Å². The third-order valence-electron chi connectivity index (χ3n) is 3.15. The summed E-state index contributed by atoms with van der Waals surface area (Å²) in [5, 5.41) is 28.2. The lowest BCUT2D eigenvalue weighted by Gasteiger charge is -2.05. The molecule has 3 aromatic rings. The third kappa shape index (κ3) is 2.86. The maximum atomic E-state index is 10.1. The molecule has 1 aromatic carbocycles. The molecule has 0 atom stereocenters. The van der Waals surface area contributed by atoms with Crippen LogP contribution >= 0.6 is 12.2 Å². The third-order valence-corrected chi connectivity index (χ3v) is 3.41. The van der Waals surface area contributed by atoms with Crippen molar-refractivity contribution in [2.75, 3.05) is 7.11 Å². The van der Waals surface area contributed by atoms with Gasteiger partial charge in [-0.2, -0.15) is 20.0 Å². The van der Waals surface area contributed by atoms with Crippen LogP contribution < -0.4 is 4.74 Å². The fourth-order valence-electron chi connectivity index (χ4n) is 2.03. The van der Waals surface area contributed by atoms with E-state index in [4.69, 9.17) is 17.0 Å². The highest BCUT2D eigenvalue weighted by molar-refractivity contribution is 7.71. The second kappa shape index (κ2) is 6.05. The molecule has 0 bridgehead atoms. The Balaban J connectivity index is 2.01. The minimum atomic E-state index is 0.00549. The van der Waals surface area contributed by atoms with Gasteiger partial charge in [0.1, 0.15) is 5.69 Å². The number of ether oxygens (including phenoxy) is 1. The standard InChI is InChI=1S/C14H14N6O2S/c1-8-6-10(17-16-8)13-18-19-14(23)20(13)15-7-9-4-3-5-11(22-2)12(9)21/h3-7,21H,1-2H3,(H,16,17)(H,19,23)/b15-7+. The van der Waals surface area contributed by atoms with Crippen LogP contribution in [0.3, 0.4) is 0 Å². The number of hydrogen-bond acceptors (Lipinski definition) is 6. The van der Waals surface area contributed by atoms with Gasteiger partial charge in [-0.15, -0.1) is 0 Å². The highest BCUT2D eigenvalue weighted by Gasteiger charge is 2.11. The monoisotopic (exact) mass is 330 g/mol. The van der Waals surface area contributed by atoms with Crippen molar-refractivity contribution in [3.05, 3.63) is 40.3 Å². The zero-order valence-corrected chi connectivity index (χ0v) is 13.3. The maximum Gasteiger partial charge on any atom is 0.216 e. The number of benzene rings is 1. The molecule has 8 nitrogen and oxygen atoms in total. The Hall–Kier alpha value is -2.94. The first-order valence-electron chi connectivity index (χ1n) is 6.70. The lowest BCUT2D eigenvalue weighted by Crippen LogP contribution is -1.96. The van der Waals surface area contributed by atoms with E-state index >= 15 is 0 Å². The lowest BCUT2D eigenvalue weighted by molar-refractivity contribution is 0.373. The van der Waals surface area contributed by atoms with Gasteiger partial charge in [0.15, 0.2) is 11.5 Å². The molecule has 3 rings (SSSR count). The van der Waals surface area contributed by atoms with Crippen molar-refractivity contribution in [1.29, 1.82) is 0 Å². The van der Waals surface area contributed by atoms with Crippen LogP contribution in [-0.4, -0.2) is 43.5 Å². The highest BCUT2D eigenvalue weighted by Crippen LogP contribution is 2.28. The molecule has 0 amide bonds. The SMILES string of the molecule is COc1cccc(/C=N/n2c(-c3cc(C)[nH]n3)n[nH]c2=S)c1O. The Bertz CT molecular complexity index is 923. The smallest absolute Gasteiger partial charge is 0.216 e. The van der Waals surface area contributed by atoms with Crippen LogP contribution in [0.25, 0.3) is 11.5 Å². The molecule has 3 N–H and O–H groups in total. The molecule has 0 radical (unpaired) electrons. The van der Waals surface area contributed by atoms with Gasteiger partial charge in [0.05, 0.1) is 13.3 Å². The predicted octanol–water partition coefficient (Wildman–Crippen LogP) is 2.24. The van der Waals surface area contributed by atoms with E-state index in [1.807, 2.05) is 13.0 Å². The Labute approximate surface area is 136 Å². The number of H-pyrrole nitrogens is 2. The minimum Gasteiger partial charge on any atom is -0.504 e. The number of nitrogens with one attached hydrogen (secondary N) is 2. The van der Waals surface area contributed by atoms with Crippen LogP contribution in [0.15, 0.2) is 29.4 Å². The maximum absolute atomic E-state index is 10.1. The first kappa shape index (κ1) is 15.0. The van der Waals surface area contributed by atoms with Gasteiger partial charge >= 0.3 is 0 Å². The molecule has 0 spiro atoms. The van der Waals surface area contributed by atoms with Gasteiger partial charge in [0.2, 0.25) is 10.6 Å². The average Bonchev–Trinajstić information content (AvgIpc) is 3.12. The van der Waals surface area contributed by atoms with E-state index in [1.165, 1.54) is 18.0 Å². The van der Waals surface area contributed by atoms with Gasteiger partial charge in [0, 0.05) is 11.3 Å². The van der Waals surface area contributed by atoms with Crippen molar-refractivity contribution in [3.8, 4) is 23.0 Å². The number of methoxy groups -OCH3 is 1. The normalized spacial score (nSPS) is 11.2. The number of aromatic hydroxyl groups is 1. The molecule has 2 heterocycles. The minimum absolute atomic E-state index is 0.00549. The molecule has 0 saturated heterocycles. The molecule has 0 saturated carbocycles. The van der Waals surface area contributed by atoms with Gasteiger partial charge in [-0.1, -0.05) is 6.07 Å². The largest absolute Gasteiger partial charge is 0.504 e. The van der Waals surface area contributed by atoms with Gasteiger partial charge in [-0.05, 0) is 37.3 Å². The van der Waals surface area contributed by atoms with Crippen LogP contribution in [0.5, 0.6) is 11.5 Å². The summed E-state index contributed by atoms with van der Waals surface area (Å²) in [4.78, 5) is 0. The van der Waals surface area contributed by atoms with Gasteiger partial charge < -0.3 is 9.84 Å². The Kier molecular flexibility index (Phi) is 3.94. The van der Waals surface area contributed by atoms with E-state index in [0.717, 1.165) is 5.69 Å². The van der Waals surface area contributed by atoms with E-state index in [-0.39, 0.29) is 5.75 Å². The van der Waals surface area contributed by atoms with E-state index in [0.29, 0.717) is 27.6 Å². The fourth-order valence-corrected chi connectivity index (χ4v) is 2.20. The van der Waals surface area contributed by atoms with Gasteiger partial charge in [-0.3, -0.25) is 5.10 Å². The van der Waals surface area contributed by atoms with Crippen molar-refractivity contribution < 1.29 is 9.84 Å². The van der Waals surface area contributed by atoms with Crippen LogP contribution in [-0.2, 0) is 0 Å².